The fourth-order valence-corrected chi connectivity index (χ4v) is 6.09. The average Bonchev–Trinajstić information content (AvgIpc) is 3.13. The number of hydrogen-bond acceptors (Lipinski definition) is 6. The van der Waals surface area contributed by atoms with Crippen molar-refractivity contribution in [1.29, 1.82) is 0 Å². The lowest BCUT2D eigenvalue weighted by atomic mass is 9.88. The van der Waals surface area contributed by atoms with Crippen LogP contribution in [0.15, 0.2) is 146 Å². The van der Waals surface area contributed by atoms with Crippen molar-refractivity contribution < 1.29 is 20.4 Å². The predicted molar refractivity (Wildman–Crippen MR) is 185 cm³/mol. The number of allylic oxidation sites excluding steroid dienone is 2. The van der Waals surface area contributed by atoms with Gasteiger partial charge in [-0.25, -0.2) is 0 Å². The quantitative estimate of drug-likeness (QED) is 0.117. The molecule has 5 aromatic carbocycles. The minimum Gasteiger partial charge on any atom is -0.392 e. The van der Waals surface area contributed by atoms with Crippen LogP contribution in [0.25, 0.3) is 5.57 Å². The van der Waals surface area contributed by atoms with E-state index in [-0.39, 0.29) is 26.4 Å². The molecule has 0 unspecified atom stereocenters. The van der Waals surface area contributed by atoms with Crippen molar-refractivity contribution in [2.24, 2.45) is 0 Å². The van der Waals surface area contributed by atoms with Gasteiger partial charge < -0.3 is 30.2 Å². The molecule has 0 aromatic heterocycles. The topological polar surface area (TPSA) is 87.4 Å². The number of nitrogens with zero attached hydrogens (tertiary/aromatic N) is 2. The number of benzene rings is 5. The molecule has 0 radical (unpaired) electrons. The van der Waals surface area contributed by atoms with Crippen LogP contribution in [-0.4, -0.2) is 26.1 Å². The summed E-state index contributed by atoms with van der Waals surface area (Å²) in [6, 6.07) is 42.0. The van der Waals surface area contributed by atoms with Gasteiger partial charge in [-0.1, -0.05) is 91.0 Å². The average molecular weight is 611 g/mol. The van der Waals surface area contributed by atoms with Crippen molar-refractivity contribution in [2.45, 2.75) is 38.5 Å². The van der Waals surface area contributed by atoms with Gasteiger partial charge in [0.25, 0.3) is 0 Å². The van der Waals surface area contributed by atoms with Gasteiger partial charge in [-0.05, 0) is 88.0 Å². The second-order valence-electron chi connectivity index (χ2n) is 11.4. The van der Waals surface area contributed by atoms with Crippen molar-refractivity contribution in [3.63, 3.8) is 0 Å². The van der Waals surface area contributed by atoms with Gasteiger partial charge in [0.05, 0.1) is 26.4 Å². The van der Waals surface area contributed by atoms with Gasteiger partial charge in [0, 0.05) is 29.2 Å². The summed E-state index contributed by atoms with van der Waals surface area (Å²) < 4.78 is 0. The van der Waals surface area contributed by atoms with Crippen LogP contribution in [0.4, 0.5) is 22.7 Å². The van der Waals surface area contributed by atoms with Gasteiger partial charge in [0.1, 0.15) is 5.66 Å². The summed E-state index contributed by atoms with van der Waals surface area (Å²) in [5.41, 5.74) is 8.34. The Morgan fingerprint density at radius 3 is 1.09 bits per heavy atom. The Labute approximate surface area is 270 Å². The molecule has 4 N–H and O–H groups in total. The molecule has 6 heteroatoms. The van der Waals surface area contributed by atoms with Crippen molar-refractivity contribution >= 4 is 28.3 Å². The first-order valence-corrected chi connectivity index (χ1v) is 15.4. The number of rotatable bonds is 11. The van der Waals surface area contributed by atoms with Crippen molar-refractivity contribution in [1.82, 2.24) is 0 Å². The van der Waals surface area contributed by atoms with E-state index in [0.29, 0.717) is 6.42 Å². The maximum atomic E-state index is 9.85. The molecule has 0 aliphatic heterocycles. The Morgan fingerprint density at radius 1 is 0.457 bits per heavy atom. The molecule has 232 valence electrons. The van der Waals surface area contributed by atoms with E-state index >= 15 is 0 Å². The fourth-order valence-electron chi connectivity index (χ4n) is 6.09. The van der Waals surface area contributed by atoms with Gasteiger partial charge in [-0.15, -0.1) is 0 Å². The third kappa shape index (κ3) is 6.25. The lowest BCUT2D eigenvalue weighted by Gasteiger charge is -2.52. The predicted octanol–water partition coefficient (Wildman–Crippen LogP) is 7.37. The molecular weight excluding hydrogens is 572 g/mol. The van der Waals surface area contributed by atoms with Crippen LogP contribution < -0.4 is 9.80 Å². The lowest BCUT2D eigenvalue weighted by molar-refractivity contribution is 0.281. The monoisotopic (exact) mass is 610 g/mol. The summed E-state index contributed by atoms with van der Waals surface area (Å²) in [7, 11) is 0. The third-order valence-electron chi connectivity index (χ3n) is 8.54. The Bertz CT molecular complexity index is 1590. The molecule has 0 saturated heterocycles. The molecule has 0 heterocycles. The van der Waals surface area contributed by atoms with E-state index in [9.17, 15) is 20.4 Å². The smallest absolute Gasteiger partial charge is 0.145 e. The molecule has 0 amide bonds. The largest absolute Gasteiger partial charge is 0.392 e. The highest BCUT2D eigenvalue weighted by Crippen LogP contribution is 2.47. The van der Waals surface area contributed by atoms with E-state index in [0.717, 1.165) is 56.1 Å². The normalized spacial score (nSPS) is 13.7. The zero-order chi connectivity index (χ0) is 31.9. The van der Waals surface area contributed by atoms with Crippen LogP contribution in [0.5, 0.6) is 0 Å². The molecule has 6 nitrogen and oxygen atoms in total. The molecule has 5 aromatic rings. The summed E-state index contributed by atoms with van der Waals surface area (Å²) in [4.78, 5) is 4.59. The van der Waals surface area contributed by atoms with Gasteiger partial charge in [0.2, 0.25) is 0 Å². The minimum atomic E-state index is -0.832. The molecule has 0 bridgehead atoms. The van der Waals surface area contributed by atoms with Gasteiger partial charge in [0.15, 0.2) is 0 Å². The number of anilines is 4. The summed E-state index contributed by atoms with van der Waals surface area (Å²) >= 11 is 0. The van der Waals surface area contributed by atoms with E-state index < -0.39 is 5.66 Å². The van der Waals surface area contributed by atoms with E-state index in [1.807, 2.05) is 115 Å². The number of aliphatic hydroxyl groups is 4. The van der Waals surface area contributed by atoms with Gasteiger partial charge in [-0.2, -0.15) is 0 Å². The van der Waals surface area contributed by atoms with E-state index in [1.54, 1.807) is 0 Å². The maximum absolute atomic E-state index is 9.85. The number of aliphatic hydroxyl groups excluding tert-OH is 4. The Morgan fingerprint density at radius 2 is 0.804 bits per heavy atom. The van der Waals surface area contributed by atoms with Crippen molar-refractivity contribution in [3.05, 3.63) is 173 Å². The maximum Gasteiger partial charge on any atom is 0.145 e. The molecule has 0 saturated carbocycles. The molecule has 1 aliphatic rings. The lowest BCUT2D eigenvalue weighted by Crippen LogP contribution is -2.57. The van der Waals surface area contributed by atoms with Crippen LogP contribution in [-0.2, 0) is 26.4 Å². The summed E-state index contributed by atoms with van der Waals surface area (Å²) in [5, 5.41) is 39.4. The summed E-state index contributed by atoms with van der Waals surface area (Å²) in [5.74, 6) is 0. The first-order valence-electron chi connectivity index (χ1n) is 15.4. The zero-order valence-electron chi connectivity index (χ0n) is 25.6. The van der Waals surface area contributed by atoms with Crippen molar-refractivity contribution in [2.75, 3.05) is 9.80 Å². The highest BCUT2D eigenvalue weighted by atomic mass is 16.3. The molecule has 0 fully saturated rings. The Hall–Kier alpha value is -4.98. The highest BCUT2D eigenvalue weighted by molar-refractivity contribution is 5.82. The van der Waals surface area contributed by atoms with Crippen LogP contribution in [0.2, 0.25) is 0 Å². The van der Waals surface area contributed by atoms with Gasteiger partial charge >= 0.3 is 0 Å². The minimum absolute atomic E-state index is 0.0553. The summed E-state index contributed by atoms with van der Waals surface area (Å²) in [6.45, 7) is -0.221. The SMILES string of the molecule is OCc1ccc(N(c2ccc(CO)cc2)C2(N(c3ccc(CO)cc3)c3ccc(CO)cc3)C=CC(c3ccccc3)=CC2)cc1. The third-order valence-corrected chi connectivity index (χ3v) is 8.54. The highest BCUT2D eigenvalue weighted by Gasteiger charge is 2.43. The molecule has 46 heavy (non-hydrogen) atoms. The molecule has 0 atom stereocenters. The summed E-state index contributed by atoms with van der Waals surface area (Å²) in [6.07, 6.45) is 7.27. The Balaban J connectivity index is 1.62. The standard InChI is InChI=1S/C40H38N2O4/c43-26-30-6-14-36(15-7-30)41(37-16-8-31(27-44)9-17-37)40(24-22-35(23-25-40)34-4-2-1-3-5-34)42(38-18-10-32(28-45)11-19-38)39-20-12-33(29-46)13-21-39/h1-24,43-46H,25-29H2. The Kier molecular flexibility index (Phi) is 9.43. The molecular formula is C40H38N2O4. The second-order valence-corrected chi connectivity index (χ2v) is 11.4. The van der Waals surface area contributed by atoms with Crippen LogP contribution >= 0.6 is 0 Å². The van der Waals surface area contributed by atoms with Crippen molar-refractivity contribution in [3.8, 4) is 0 Å². The van der Waals surface area contributed by atoms with E-state index in [2.05, 4.69) is 40.2 Å². The van der Waals surface area contributed by atoms with Gasteiger partial charge in [-0.3, -0.25) is 0 Å². The molecule has 1 aliphatic carbocycles. The van der Waals surface area contributed by atoms with E-state index in [1.165, 1.54) is 0 Å². The fraction of sp³-hybridized carbons (Fsp3) is 0.150. The zero-order valence-corrected chi connectivity index (χ0v) is 25.6. The molecule has 0 spiro atoms. The van der Waals surface area contributed by atoms with Crippen LogP contribution in [0.1, 0.15) is 34.2 Å². The first-order chi connectivity index (χ1) is 22.6. The van der Waals surface area contributed by atoms with Crippen LogP contribution in [0.3, 0.4) is 0 Å². The van der Waals surface area contributed by atoms with Crippen LogP contribution in [0, 0.1) is 0 Å². The first kappa shape index (κ1) is 31.0. The van der Waals surface area contributed by atoms with E-state index in [4.69, 9.17) is 0 Å². The molecule has 6 rings (SSSR count). The number of hydrogen-bond donors (Lipinski definition) is 4. The second kappa shape index (κ2) is 14.0.